The smallest absolute Gasteiger partial charge is 0.307 e. The summed E-state index contributed by atoms with van der Waals surface area (Å²) in [5, 5.41) is 18.8. The molecule has 0 radical (unpaired) electrons. The predicted molar refractivity (Wildman–Crippen MR) is 95.8 cm³/mol. The van der Waals surface area contributed by atoms with Gasteiger partial charge < -0.3 is 10.2 Å². The van der Waals surface area contributed by atoms with Gasteiger partial charge in [0.2, 0.25) is 0 Å². The SMILES string of the molecule is C=CCCCCC1=C(CCCCC=C)CC(C(=O)O)C(C(=O)O)C1. The van der Waals surface area contributed by atoms with Crippen LogP contribution in [0.5, 0.6) is 0 Å². The largest absolute Gasteiger partial charge is 0.481 e. The summed E-state index contributed by atoms with van der Waals surface area (Å²) in [5.74, 6) is -3.57. The zero-order chi connectivity index (χ0) is 17.9. The molecule has 0 aromatic carbocycles. The third-order valence-corrected chi connectivity index (χ3v) is 4.83. The third kappa shape index (κ3) is 6.34. The molecule has 0 bridgehead atoms. The molecule has 0 heterocycles. The number of carboxylic acid groups (broad SMARTS) is 2. The number of unbranched alkanes of at least 4 members (excludes halogenated alkanes) is 4. The van der Waals surface area contributed by atoms with Crippen molar-refractivity contribution in [3.63, 3.8) is 0 Å². The zero-order valence-corrected chi connectivity index (χ0v) is 14.5. The Kier molecular flexibility index (Phi) is 9.13. The number of hydrogen-bond donors (Lipinski definition) is 2. The first-order valence-corrected chi connectivity index (χ1v) is 8.88. The summed E-state index contributed by atoms with van der Waals surface area (Å²) < 4.78 is 0. The summed E-state index contributed by atoms with van der Waals surface area (Å²) in [7, 11) is 0. The highest BCUT2D eigenvalue weighted by atomic mass is 16.4. The average molecular weight is 334 g/mol. The van der Waals surface area contributed by atoms with Crippen molar-refractivity contribution in [2.75, 3.05) is 0 Å². The minimum Gasteiger partial charge on any atom is -0.481 e. The maximum atomic E-state index is 11.5. The Morgan fingerprint density at radius 2 is 1.21 bits per heavy atom. The van der Waals surface area contributed by atoms with Gasteiger partial charge in [-0.05, 0) is 64.2 Å². The Hall–Kier alpha value is -1.84. The molecule has 0 spiro atoms. The van der Waals surface area contributed by atoms with Crippen molar-refractivity contribution in [1.29, 1.82) is 0 Å². The topological polar surface area (TPSA) is 74.6 Å². The van der Waals surface area contributed by atoms with Gasteiger partial charge in [-0.2, -0.15) is 0 Å². The van der Waals surface area contributed by atoms with Crippen molar-refractivity contribution in [2.45, 2.75) is 64.2 Å². The maximum absolute atomic E-state index is 11.5. The van der Waals surface area contributed by atoms with E-state index in [2.05, 4.69) is 13.2 Å². The molecule has 2 N–H and O–H groups in total. The van der Waals surface area contributed by atoms with Gasteiger partial charge in [0.05, 0.1) is 11.8 Å². The number of hydrogen-bond acceptors (Lipinski definition) is 2. The van der Waals surface area contributed by atoms with Crippen LogP contribution >= 0.6 is 0 Å². The third-order valence-electron chi connectivity index (χ3n) is 4.83. The van der Waals surface area contributed by atoms with Gasteiger partial charge in [0.1, 0.15) is 0 Å². The van der Waals surface area contributed by atoms with Crippen molar-refractivity contribution < 1.29 is 19.8 Å². The molecule has 2 atom stereocenters. The van der Waals surface area contributed by atoms with E-state index in [0.717, 1.165) is 51.4 Å². The van der Waals surface area contributed by atoms with Crippen LogP contribution in [0.2, 0.25) is 0 Å². The molecule has 0 aliphatic heterocycles. The van der Waals surface area contributed by atoms with E-state index in [9.17, 15) is 19.8 Å². The number of carboxylic acids is 2. The van der Waals surface area contributed by atoms with Gasteiger partial charge in [0.25, 0.3) is 0 Å². The highest BCUT2D eigenvalue weighted by Gasteiger charge is 2.38. The molecule has 1 rings (SSSR count). The van der Waals surface area contributed by atoms with Crippen LogP contribution in [0.15, 0.2) is 36.5 Å². The molecule has 4 nitrogen and oxygen atoms in total. The monoisotopic (exact) mass is 334 g/mol. The molecule has 0 aromatic rings. The molecule has 2 unspecified atom stereocenters. The summed E-state index contributed by atoms with van der Waals surface area (Å²) in [4.78, 5) is 23.0. The van der Waals surface area contributed by atoms with Crippen LogP contribution in [0.25, 0.3) is 0 Å². The summed E-state index contributed by atoms with van der Waals surface area (Å²) in [6.45, 7) is 7.44. The van der Waals surface area contributed by atoms with Gasteiger partial charge >= 0.3 is 11.9 Å². The summed E-state index contributed by atoms with van der Waals surface area (Å²) in [6, 6.07) is 0. The van der Waals surface area contributed by atoms with Gasteiger partial charge in [-0.1, -0.05) is 23.3 Å². The first kappa shape index (κ1) is 20.2. The Morgan fingerprint density at radius 1 is 0.833 bits per heavy atom. The van der Waals surface area contributed by atoms with E-state index >= 15 is 0 Å². The van der Waals surface area contributed by atoms with Gasteiger partial charge in [0, 0.05) is 0 Å². The van der Waals surface area contributed by atoms with E-state index in [1.54, 1.807) is 0 Å². The van der Waals surface area contributed by atoms with Crippen LogP contribution in [0.1, 0.15) is 64.2 Å². The van der Waals surface area contributed by atoms with Gasteiger partial charge in [0.15, 0.2) is 0 Å². The van der Waals surface area contributed by atoms with Gasteiger partial charge in [-0.25, -0.2) is 0 Å². The zero-order valence-electron chi connectivity index (χ0n) is 14.5. The molecule has 4 heteroatoms. The van der Waals surface area contributed by atoms with Crippen molar-refractivity contribution in [1.82, 2.24) is 0 Å². The molecule has 1 aliphatic carbocycles. The predicted octanol–water partition coefficient (Wildman–Crippen LogP) is 4.97. The first-order chi connectivity index (χ1) is 11.5. The number of carbonyl (C=O) groups is 2. The van der Waals surface area contributed by atoms with Gasteiger partial charge in [-0.3, -0.25) is 9.59 Å². The minimum absolute atomic E-state index is 0.386. The fraction of sp³-hybridized carbons (Fsp3) is 0.600. The van der Waals surface area contributed by atoms with Crippen molar-refractivity contribution >= 4 is 11.9 Å². The second-order valence-electron chi connectivity index (χ2n) is 6.57. The van der Waals surface area contributed by atoms with Crippen LogP contribution in [-0.4, -0.2) is 22.2 Å². The lowest BCUT2D eigenvalue weighted by Crippen LogP contribution is -2.33. The molecule has 0 aromatic heterocycles. The molecule has 0 saturated carbocycles. The Morgan fingerprint density at radius 3 is 1.50 bits per heavy atom. The second-order valence-corrected chi connectivity index (χ2v) is 6.57. The molecule has 0 fully saturated rings. The Balaban J connectivity index is 2.85. The maximum Gasteiger partial charge on any atom is 0.307 e. The average Bonchev–Trinajstić information content (AvgIpc) is 2.55. The fourth-order valence-electron chi connectivity index (χ4n) is 3.43. The number of rotatable bonds is 12. The van der Waals surface area contributed by atoms with Crippen LogP contribution in [0, 0.1) is 11.8 Å². The van der Waals surface area contributed by atoms with Crippen molar-refractivity contribution in [3.05, 3.63) is 36.5 Å². The van der Waals surface area contributed by atoms with Crippen LogP contribution in [0.3, 0.4) is 0 Å². The lowest BCUT2D eigenvalue weighted by molar-refractivity contribution is -0.154. The highest BCUT2D eigenvalue weighted by molar-refractivity contribution is 5.81. The molecule has 24 heavy (non-hydrogen) atoms. The highest BCUT2D eigenvalue weighted by Crippen LogP contribution is 2.39. The summed E-state index contributed by atoms with van der Waals surface area (Å²) in [5.41, 5.74) is 2.37. The van der Waals surface area contributed by atoms with E-state index < -0.39 is 23.8 Å². The van der Waals surface area contributed by atoms with E-state index in [1.807, 2.05) is 12.2 Å². The minimum atomic E-state index is -0.989. The molecule has 0 amide bonds. The van der Waals surface area contributed by atoms with Crippen LogP contribution < -0.4 is 0 Å². The van der Waals surface area contributed by atoms with Crippen molar-refractivity contribution in [3.8, 4) is 0 Å². The van der Waals surface area contributed by atoms with Crippen LogP contribution in [0.4, 0.5) is 0 Å². The van der Waals surface area contributed by atoms with Crippen LogP contribution in [-0.2, 0) is 9.59 Å². The molecule has 0 saturated heterocycles. The quantitative estimate of drug-likeness (QED) is 0.390. The summed E-state index contributed by atoms with van der Waals surface area (Å²) >= 11 is 0. The first-order valence-electron chi connectivity index (χ1n) is 8.88. The van der Waals surface area contributed by atoms with E-state index in [4.69, 9.17) is 0 Å². The lowest BCUT2D eigenvalue weighted by Gasteiger charge is -2.30. The second kappa shape index (κ2) is 10.8. The van der Waals surface area contributed by atoms with E-state index in [0.29, 0.717) is 12.8 Å². The molecular weight excluding hydrogens is 304 g/mol. The molecular formula is C20H30O4. The van der Waals surface area contributed by atoms with E-state index in [-0.39, 0.29) is 0 Å². The van der Waals surface area contributed by atoms with Gasteiger partial charge in [-0.15, -0.1) is 13.2 Å². The standard InChI is InChI=1S/C20H30O4/c1-3-5-7-9-11-15-13-17(19(21)22)18(20(23)24)14-16(15)12-10-8-6-4-2/h3-4,17-18H,1-2,5-14H2,(H,21,22)(H,23,24). The number of aliphatic carboxylic acids is 2. The number of allylic oxidation sites excluding steroid dienone is 4. The Labute approximate surface area is 145 Å². The Bertz CT molecular complexity index is 446. The normalized spacial score (nSPS) is 20.7. The lowest BCUT2D eigenvalue weighted by atomic mass is 9.73. The fourth-order valence-corrected chi connectivity index (χ4v) is 3.43. The molecule has 1 aliphatic rings. The molecule has 134 valence electrons. The summed E-state index contributed by atoms with van der Waals surface area (Å²) in [6.07, 6.45) is 12.3. The van der Waals surface area contributed by atoms with Crippen molar-refractivity contribution in [2.24, 2.45) is 11.8 Å². The van der Waals surface area contributed by atoms with E-state index in [1.165, 1.54) is 11.1 Å².